The average Bonchev–Trinajstić information content (AvgIpc) is 2.49. The third-order valence-electron chi connectivity index (χ3n) is 2.37. The maximum Gasteiger partial charge on any atom is 0.306 e. The second-order valence-electron chi connectivity index (χ2n) is 3.15. The Bertz CT molecular complexity index is 306. The molecule has 0 unspecified atom stereocenters. The van der Waals surface area contributed by atoms with Crippen LogP contribution in [0.25, 0.3) is 0 Å². The molecule has 1 aromatic heterocycles. The minimum absolute atomic E-state index is 0.213. The first-order valence-electron chi connectivity index (χ1n) is 4.01. The lowest BCUT2D eigenvalue weighted by atomic mass is 9.88. The molecule has 2 N–H and O–H groups in total. The lowest BCUT2D eigenvalue weighted by molar-refractivity contribution is -0.142. The Morgan fingerprint density at radius 2 is 2.58 bits per heavy atom. The maximum atomic E-state index is 10.7. The van der Waals surface area contributed by atoms with Crippen LogP contribution in [0.3, 0.4) is 0 Å². The molecule has 4 nitrogen and oxygen atoms in total. The van der Waals surface area contributed by atoms with E-state index in [1.807, 2.05) is 0 Å². The number of aromatic nitrogens is 2. The molecular formula is C8H10N2O2. The van der Waals surface area contributed by atoms with Crippen molar-refractivity contribution in [3.63, 3.8) is 0 Å². The van der Waals surface area contributed by atoms with Crippen LogP contribution in [0.1, 0.15) is 17.7 Å². The number of carboxylic acid groups (broad SMARTS) is 1. The zero-order valence-electron chi connectivity index (χ0n) is 6.58. The van der Waals surface area contributed by atoms with Gasteiger partial charge in [-0.25, -0.2) is 0 Å². The first kappa shape index (κ1) is 7.34. The molecule has 0 aliphatic heterocycles. The summed E-state index contributed by atoms with van der Waals surface area (Å²) in [6.45, 7) is 0. The van der Waals surface area contributed by atoms with Crippen molar-refractivity contribution in [2.45, 2.75) is 19.3 Å². The van der Waals surface area contributed by atoms with E-state index in [1.165, 1.54) is 0 Å². The number of H-pyrrole nitrogens is 1. The van der Waals surface area contributed by atoms with Gasteiger partial charge in [0.05, 0.1) is 12.1 Å². The molecule has 0 spiro atoms. The highest BCUT2D eigenvalue weighted by atomic mass is 16.4. The van der Waals surface area contributed by atoms with Crippen molar-refractivity contribution in [2.75, 3.05) is 0 Å². The highest BCUT2D eigenvalue weighted by Gasteiger charge is 2.24. The molecule has 64 valence electrons. The van der Waals surface area contributed by atoms with Gasteiger partial charge in [0.25, 0.3) is 0 Å². The molecule has 0 saturated heterocycles. The number of nitrogens with zero attached hydrogens (tertiary/aromatic N) is 1. The number of carbonyl (C=O) groups is 1. The molecule has 0 radical (unpaired) electrons. The summed E-state index contributed by atoms with van der Waals surface area (Å²) in [5, 5.41) is 15.5. The average molecular weight is 166 g/mol. The van der Waals surface area contributed by atoms with Gasteiger partial charge in [-0.2, -0.15) is 5.10 Å². The number of nitrogens with one attached hydrogen (secondary N) is 1. The van der Waals surface area contributed by atoms with Gasteiger partial charge in [0.15, 0.2) is 0 Å². The molecular weight excluding hydrogens is 156 g/mol. The zero-order chi connectivity index (χ0) is 8.55. The number of hydrogen-bond donors (Lipinski definition) is 2. The molecule has 1 aromatic rings. The van der Waals surface area contributed by atoms with Gasteiger partial charge in [-0.05, 0) is 24.8 Å². The molecule has 1 aliphatic carbocycles. The van der Waals surface area contributed by atoms with E-state index >= 15 is 0 Å². The number of aromatic amines is 1. The highest BCUT2D eigenvalue weighted by Crippen LogP contribution is 2.23. The molecule has 1 aliphatic rings. The molecule has 2 rings (SSSR count). The Morgan fingerprint density at radius 1 is 1.75 bits per heavy atom. The van der Waals surface area contributed by atoms with Gasteiger partial charge >= 0.3 is 5.97 Å². The number of aliphatic carboxylic acids is 1. The smallest absolute Gasteiger partial charge is 0.306 e. The standard InChI is InChI=1S/C8H10N2O2/c11-8(12)5-1-2-7-6(3-5)4-9-10-7/h4-5H,1-3H2,(H,9,10)(H,11,12)/t5-/m1/s1. The third kappa shape index (κ3) is 1.09. The van der Waals surface area contributed by atoms with Crippen molar-refractivity contribution in [3.05, 3.63) is 17.5 Å². The van der Waals surface area contributed by atoms with Crippen LogP contribution in [-0.2, 0) is 17.6 Å². The molecule has 4 heteroatoms. The minimum Gasteiger partial charge on any atom is -0.481 e. The van der Waals surface area contributed by atoms with Gasteiger partial charge in [0, 0.05) is 5.69 Å². The summed E-state index contributed by atoms with van der Waals surface area (Å²) in [4.78, 5) is 10.7. The van der Waals surface area contributed by atoms with Crippen LogP contribution in [0.5, 0.6) is 0 Å². The SMILES string of the molecule is O=C(O)[C@@H]1CCc2[nH]ncc2C1. The molecule has 0 saturated carbocycles. The fraction of sp³-hybridized carbons (Fsp3) is 0.500. The van der Waals surface area contributed by atoms with Gasteiger partial charge in [0.1, 0.15) is 0 Å². The van der Waals surface area contributed by atoms with Crippen molar-refractivity contribution >= 4 is 5.97 Å². The number of fused-ring (bicyclic) bond motifs is 1. The summed E-state index contributed by atoms with van der Waals surface area (Å²) in [5.41, 5.74) is 2.17. The largest absolute Gasteiger partial charge is 0.481 e. The van der Waals surface area contributed by atoms with E-state index in [2.05, 4.69) is 10.2 Å². The number of rotatable bonds is 1. The van der Waals surface area contributed by atoms with Crippen molar-refractivity contribution in [2.24, 2.45) is 5.92 Å². The maximum absolute atomic E-state index is 10.7. The summed E-state index contributed by atoms with van der Waals surface area (Å²) >= 11 is 0. The van der Waals surface area contributed by atoms with Crippen LogP contribution in [0.2, 0.25) is 0 Å². The predicted molar refractivity (Wildman–Crippen MR) is 41.7 cm³/mol. The summed E-state index contributed by atoms with van der Waals surface area (Å²) in [7, 11) is 0. The first-order chi connectivity index (χ1) is 5.77. The van der Waals surface area contributed by atoms with E-state index in [4.69, 9.17) is 5.11 Å². The lowest BCUT2D eigenvalue weighted by Gasteiger charge is -2.16. The summed E-state index contributed by atoms with van der Waals surface area (Å²) in [6.07, 6.45) is 3.89. The van der Waals surface area contributed by atoms with E-state index in [0.29, 0.717) is 6.42 Å². The predicted octanol–water partition coefficient (Wildman–Crippen LogP) is 0.599. The highest BCUT2D eigenvalue weighted by molar-refractivity contribution is 5.70. The molecule has 1 atom stereocenters. The molecule has 0 amide bonds. The third-order valence-corrected chi connectivity index (χ3v) is 2.37. The van der Waals surface area contributed by atoms with E-state index in [9.17, 15) is 4.79 Å². The Hall–Kier alpha value is -1.32. The second kappa shape index (κ2) is 2.62. The topological polar surface area (TPSA) is 66.0 Å². The van der Waals surface area contributed by atoms with Gasteiger partial charge in [-0.3, -0.25) is 9.89 Å². The number of hydrogen-bond acceptors (Lipinski definition) is 2. The first-order valence-corrected chi connectivity index (χ1v) is 4.01. The quantitative estimate of drug-likeness (QED) is 0.642. The number of aryl methyl sites for hydroxylation is 1. The van der Waals surface area contributed by atoms with Gasteiger partial charge in [-0.15, -0.1) is 0 Å². The van der Waals surface area contributed by atoms with Crippen LogP contribution in [0.4, 0.5) is 0 Å². The fourth-order valence-electron chi connectivity index (χ4n) is 1.63. The summed E-state index contributed by atoms with van der Waals surface area (Å²) in [6, 6.07) is 0. The van der Waals surface area contributed by atoms with Crippen molar-refractivity contribution in [3.8, 4) is 0 Å². The van der Waals surface area contributed by atoms with Crippen molar-refractivity contribution in [1.29, 1.82) is 0 Å². The summed E-state index contributed by atoms with van der Waals surface area (Å²) in [5.74, 6) is -0.906. The Kier molecular flexibility index (Phi) is 1.60. The van der Waals surface area contributed by atoms with Gasteiger partial charge in [-0.1, -0.05) is 0 Å². The number of carboxylic acids is 1. The Labute approximate surface area is 69.6 Å². The van der Waals surface area contributed by atoms with E-state index in [0.717, 1.165) is 24.1 Å². The molecule has 1 heterocycles. The monoisotopic (exact) mass is 166 g/mol. The molecule has 0 aromatic carbocycles. The second-order valence-corrected chi connectivity index (χ2v) is 3.15. The Balaban J connectivity index is 2.20. The minimum atomic E-state index is -0.693. The van der Waals surface area contributed by atoms with Crippen LogP contribution in [0, 0.1) is 5.92 Å². The van der Waals surface area contributed by atoms with Crippen LogP contribution in [-0.4, -0.2) is 21.3 Å². The van der Waals surface area contributed by atoms with Gasteiger partial charge < -0.3 is 5.11 Å². The molecule has 12 heavy (non-hydrogen) atoms. The van der Waals surface area contributed by atoms with Crippen LogP contribution >= 0.6 is 0 Å². The van der Waals surface area contributed by atoms with Crippen molar-refractivity contribution in [1.82, 2.24) is 10.2 Å². The fourth-order valence-corrected chi connectivity index (χ4v) is 1.63. The van der Waals surface area contributed by atoms with Gasteiger partial charge in [0.2, 0.25) is 0 Å². The van der Waals surface area contributed by atoms with E-state index < -0.39 is 5.97 Å². The Morgan fingerprint density at radius 3 is 3.33 bits per heavy atom. The van der Waals surface area contributed by atoms with Crippen LogP contribution in [0.15, 0.2) is 6.20 Å². The van der Waals surface area contributed by atoms with Crippen LogP contribution < -0.4 is 0 Å². The normalized spacial score (nSPS) is 21.8. The van der Waals surface area contributed by atoms with E-state index in [-0.39, 0.29) is 5.92 Å². The zero-order valence-corrected chi connectivity index (χ0v) is 6.58. The summed E-state index contributed by atoms with van der Waals surface area (Å²) < 4.78 is 0. The van der Waals surface area contributed by atoms with Crippen molar-refractivity contribution < 1.29 is 9.90 Å². The molecule has 0 fully saturated rings. The van der Waals surface area contributed by atoms with E-state index in [1.54, 1.807) is 6.20 Å². The lowest BCUT2D eigenvalue weighted by Crippen LogP contribution is -2.21. The molecule has 0 bridgehead atoms.